The van der Waals surface area contributed by atoms with Gasteiger partial charge in [-0.2, -0.15) is 0 Å². The van der Waals surface area contributed by atoms with Gasteiger partial charge in [0.05, 0.1) is 0 Å². The van der Waals surface area contributed by atoms with Gasteiger partial charge in [0.25, 0.3) is 0 Å². The second-order valence-corrected chi connectivity index (χ2v) is 6.50. The maximum Gasteiger partial charge on any atom is 0.165 e. The molecule has 2 N–H and O–H groups in total. The number of aromatic hydroxyl groups is 2. The van der Waals surface area contributed by atoms with Crippen LogP contribution in [0, 0.1) is 5.82 Å². The van der Waals surface area contributed by atoms with E-state index >= 15 is 0 Å². The normalized spacial score (nSPS) is 18.5. The van der Waals surface area contributed by atoms with Crippen LogP contribution in [0.1, 0.15) is 36.1 Å². The number of phenolic OH excluding ortho intramolecular Hbond substituents is 2. The third kappa shape index (κ3) is 2.50. The van der Waals surface area contributed by atoms with Gasteiger partial charge in [0.15, 0.2) is 11.5 Å². The summed E-state index contributed by atoms with van der Waals surface area (Å²) in [5, 5.41) is 20.2. The van der Waals surface area contributed by atoms with E-state index in [1.165, 1.54) is 12.1 Å². The molecule has 0 saturated heterocycles. The van der Waals surface area contributed by atoms with Gasteiger partial charge >= 0.3 is 0 Å². The molecule has 0 spiro atoms. The van der Waals surface area contributed by atoms with E-state index in [1.54, 1.807) is 6.07 Å². The zero-order valence-corrected chi connectivity index (χ0v) is 15.3. The predicted molar refractivity (Wildman–Crippen MR) is 97.5 cm³/mol. The molecule has 0 radical (unpaired) electrons. The zero-order valence-electron chi connectivity index (χ0n) is 13.6. The number of hydrogen-bond acceptors (Lipinski definition) is 3. The number of benzene rings is 2. The molecule has 2 aromatic rings. The zero-order chi connectivity index (χ0) is 16.1. The van der Waals surface area contributed by atoms with Crippen molar-refractivity contribution < 1.29 is 14.6 Å². The summed E-state index contributed by atoms with van der Waals surface area (Å²) < 4.78 is 14.1. The lowest BCUT2D eigenvalue weighted by Gasteiger charge is -2.41. The molecule has 2 aliphatic rings. The van der Waals surface area contributed by atoms with Crippen LogP contribution < -0.4 is 0 Å². The van der Waals surface area contributed by atoms with Crippen molar-refractivity contribution in [2.24, 2.45) is 0 Å². The van der Waals surface area contributed by atoms with Crippen molar-refractivity contribution in [3.05, 3.63) is 46.8 Å². The summed E-state index contributed by atoms with van der Waals surface area (Å²) in [6.45, 7) is 4.12. The van der Waals surface area contributed by atoms with Crippen molar-refractivity contribution in [3.63, 3.8) is 0 Å². The molecule has 24 heavy (non-hydrogen) atoms. The predicted octanol–water partition coefficient (Wildman–Crippen LogP) is 4.35. The number of nitrogens with zero attached hydrogens (tertiary/aromatic N) is 1. The number of rotatable bonds is 2. The smallest absolute Gasteiger partial charge is 0.165 e. The summed E-state index contributed by atoms with van der Waals surface area (Å²) in [7, 11) is 0. The molecular formula is C19H21BrFNO2. The van der Waals surface area contributed by atoms with Crippen LogP contribution in [0.25, 0.3) is 11.1 Å². The molecule has 2 aromatic carbocycles. The van der Waals surface area contributed by atoms with Crippen LogP contribution in [0.5, 0.6) is 11.5 Å². The molecule has 1 atom stereocenters. The molecule has 0 amide bonds. The number of hydrogen-bond donors (Lipinski definition) is 2. The van der Waals surface area contributed by atoms with Crippen molar-refractivity contribution in [1.82, 2.24) is 4.90 Å². The first-order valence-corrected chi connectivity index (χ1v) is 8.20. The molecule has 5 heteroatoms. The fourth-order valence-corrected chi connectivity index (χ4v) is 4.17. The van der Waals surface area contributed by atoms with E-state index in [0.717, 1.165) is 54.6 Å². The maximum atomic E-state index is 14.1. The molecule has 0 bridgehead atoms. The van der Waals surface area contributed by atoms with Gasteiger partial charge in [-0.25, -0.2) is 4.39 Å². The van der Waals surface area contributed by atoms with Crippen LogP contribution >= 0.6 is 17.0 Å². The fraction of sp³-hybridized carbons (Fsp3) is 0.368. The Bertz CT molecular complexity index is 793. The van der Waals surface area contributed by atoms with Crippen LogP contribution in [-0.2, 0) is 12.8 Å². The molecule has 0 saturated carbocycles. The lowest BCUT2D eigenvalue weighted by atomic mass is 9.76. The van der Waals surface area contributed by atoms with Crippen molar-refractivity contribution in [2.75, 3.05) is 13.1 Å². The highest BCUT2D eigenvalue weighted by Crippen LogP contribution is 2.50. The third-order valence-corrected chi connectivity index (χ3v) is 5.11. The first-order chi connectivity index (χ1) is 11.1. The Kier molecular flexibility index (Phi) is 4.58. The molecular weight excluding hydrogens is 373 g/mol. The second-order valence-electron chi connectivity index (χ2n) is 6.50. The Morgan fingerprint density at radius 2 is 2.00 bits per heavy atom. The van der Waals surface area contributed by atoms with E-state index in [-0.39, 0.29) is 40.3 Å². The van der Waals surface area contributed by atoms with Gasteiger partial charge in [0.1, 0.15) is 5.82 Å². The van der Waals surface area contributed by atoms with Gasteiger partial charge in [-0.15, -0.1) is 17.0 Å². The third-order valence-electron chi connectivity index (χ3n) is 5.11. The van der Waals surface area contributed by atoms with E-state index < -0.39 is 0 Å². The quantitative estimate of drug-likeness (QED) is 0.745. The second kappa shape index (κ2) is 6.37. The van der Waals surface area contributed by atoms with Gasteiger partial charge in [-0.1, -0.05) is 13.0 Å². The molecule has 1 unspecified atom stereocenters. The highest BCUT2D eigenvalue weighted by molar-refractivity contribution is 8.93. The van der Waals surface area contributed by atoms with Crippen LogP contribution in [0.3, 0.4) is 0 Å². The average molecular weight is 394 g/mol. The minimum atomic E-state index is -0.281. The fourth-order valence-electron chi connectivity index (χ4n) is 4.17. The van der Waals surface area contributed by atoms with E-state index in [9.17, 15) is 14.6 Å². The number of phenols is 2. The Morgan fingerprint density at radius 3 is 2.75 bits per heavy atom. The minimum Gasteiger partial charge on any atom is -0.504 e. The van der Waals surface area contributed by atoms with Gasteiger partial charge in [0, 0.05) is 18.2 Å². The highest BCUT2D eigenvalue weighted by Gasteiger charge is 2.35. The molecule has 3 nitrogen and oxygen atoms in total. The Labute approximate surface area is 151 Å². The van der Waals surface area contributed by atoms with Crippen molar-refractivity contribution in [1.29, 1.82) is 0 Å². The Morgan fingerprint density at radius 1 is 1.21 bits per heavy atom. The van der Waals surface area contributed by atoms with Gasteiger partial charge < -0.3 is 10.2 Å². The monoisotopic (exact) mass is 393 g/mol. The summed E-state index contributed by atoms with van der Waals surface area (Å²) in [6, 6.07) is 6.72. The Balaban J connectivity index is 0.00000169. The first-order valence-electron chi connectivity index (χ1n) is 8.20. The summed E-state index contributed by atoms with van der Waals surface area (Å²) >= 11 is 0. The summed E-state index contributed by atoms with van der Waals surface area (Å²) in [5.41, 5.74) is 4.46. The maximum absolute atomic E-state index is 14.1. The molecule has 1 aliphatic carbocycles. The van der Waals surface area contributed by atoms with Gasteiger partial charge in [-0.3, -0.25) is 4.90 Å². The van der Waals surface area contributed by atoms with Crippen molar-refractivity contribution in [3.8, 4) is 22.6 Å². The first kappa shape index (κ1) is 17.2. The summed E-state index contributed by atoms with van der Waals surface area (Å²) in [6.07, 6.45) is 2.69. The minimum absolute atomic E-state index is 0. The molecule has 0 aromatic heterocycles. The highest BCUT2D eigenvalue weighted by atomic mass is 79.9. The molecule has 1 aliphatic heterocycles. The van der Waals surface area contributed by atoms with E-state index in [2.05, 4.69) is 11.8 Å². The SMILES string of the molecule is Br.CCCN1CCc2cc(F)cc3c2C1Cc1ccc(O)c(O)c1-3. The molecule has 128 valence electrons. The van der Waals surface area contributed by atoms with Crippen molar-refractivity contribution >= 4 is 17.0 Å². The molecule has 1 heterocycles. The molecule has 4 rings (SSSR count). The van der Waals surface area contributed by atoms with E-state index in [4.69, 9.17) is 0 Å². The molecule has 0 fully saturated rings. The van der Waals surface area contributed by atoms with Crippen LogP contribution in [0.2, 0.25) is 0 Å². The van der Waals surface area contributed by atoms with Gasteiger partial charge in [-0.05, 0) is 66.3 Å². The summed E-state index contributed by atoms with van der Waals surface area (Å²) in [4.78, 5) is 2.45. The number of fused-ring (bicyclic) bond motifs is 2. The van der Waals surface area contributed by atoms with Crippen LogP contribution in [-0.4, -0.2) is 28.2 Å². The lowest BCUT2D eigenvalue weighted by molar-refractivity contribution is 0.182. The van der Waals surface area contributed by atoms with E-state index in [0.29, 0.717) is 5.56 Å². The van der Waals surface area contributed by atoms with Crippen molar-refractivity contribution in [2.45, 2.75) is 32.2 Å². The van der Waals surface area contributed by atoms with E-state index in [1.807, 2.05) is 6.07 Å². The number of halogens is 2. The summed E-state index contributed by atoms with van der Waals surface area (Å²) in [5.74, 6) is -0.570. The van der Waals surface area contributed by atoms with Crippen LogP contribution in [0.4, 0.5) is 4.39 Å². The van der Waals surface area contributed by atoms with Crippen LogP contribution in [0.15, 0.2) is 24.3 Å². The standard InChI is InChI=1S/C19H20FNO2.BrH/c1-2-6-21-7-5-12-8-13(20)10-14-17(12)15(21)9-11-3-4-16(22)19(23)18(11)14;/h3-4,8,10,15,22-23H,2,5-7,9H2,1H3;1H. The average Bonchev–Trinajstić information content (AvgIpc) is 2.53. The van der Waals surface area contributed by atoms with Gasteiger partial charge in [0.2, 0.25) is 0 Å². The topological polar surface area (TPSA) is 43.7 Å². The largest absolute Gasteiger partial charge is 0.504 e. The Hall–Kier alpha value is -1.59. The lowest BCUT2D eigenvalue weighted by Crippen LogP contribution is -2.39.